The van der Waals surface area contributed by atoms with Gasteiger partial charge in [0.1, 0.15) is 23.4 Å². The van der Waals surface area contributed by atoms with Gasteiger partial charge >= 0.3 is 0 Å². The first-order valence-electron chi connectivity index (χ1n) is 11.7. The van der Waals surface area contributed by atoms with Gasteiger partial charge < -0.3 is 14.2 Å². The van der Waals surface area contributed by atoms with Gasteiger partial charge in [-0.05, 0) is 69.3 Å². The van der Waals surface area contributed by atoms with Crippen LogP contribution < -0.4 is 15.0 Å². The lowest BCUT2D eigenvalue weighted by molar-refractivity contribution is 0.230. The zero-order valence-corrected chi connectivity index (χ0v) is 21.2. The summed E-state index contributed by atoms with van der Waals surface area (Å²) in [7, 11) is 3.24. The maximum absolute atomic E-state index is 13.2. The summed E-state index contributed by atoms with van der Waals surface area (Å²) in [6.45, 7) is 5.71. The van der Waals surface area contributed by atoms with Crippen molar-refractivity contribution in [3.05, 3.63) is 75.9 Å². The van der Waals surface area contributed by atoms with Gasteiger partial charge in [0, 0.05) is 17.5 Å². The zero-order valence-electron chi connectivity index (χ0n) is 20.4. The maximum atomic E-state index is 13.2. The monoisotopic (exact) mass is 493 g/mol. The van der Waals surface area contributed by atoms with Crippen LogP contribution in [-0.2, 0) is 4.74 Å². The molecule has 3 heterocycles. The number of aromatic nitrogens is 2. The Labute approximate surface area is 209 Å². The number of hydrogen-bond donors (Lipinski definition) is 0. The second-order valence-corrected chi connectivity index (χ2v) is 9.23. The Bertz CT molecular complexity index is 1300. The maximum Gasteiger partial charge on any atom is 0.275 e. The molecule has 0 saturated carbocycles. The first-order chi connectivity index (χ1) is 17.1. The molecular weight excluding hydrogens is 462 g/mol. The molecule has 0 radical (unpaired) electrons. The average molecular weight is 494 g/mol. The van der Waals surface area contributed by atoms with E-state index in [1.807, 2.05) is 61.6 Å². The highest BCUT2D eigenvalue weighted by Gasteiger charge is 2.14. The third kappa shape index (κ3) is 6.01. The van der Waals surface area contributed by atoms with Crippen LogP contribution in [0, 0.1) is 0 Å². The van der Waals surface area contributed by atoms with Crippen LogP contribution in [0.4, 0.5) is 0 Å². The first kappa shape index (κ1) is 24.8. The summed E-state index contributed by atoms with van der Waals surface area (Å²) in [5, 5.41) is 0. The molecule has 0 aliphatic carbocycles. The van der Waals surface area contributed by atoms with Crippen LogP contribution in [0.3, 0.4) is 0 Å². The van der Waals surface area contributed by atoms with Crippen molar-refractivity contribution in [2.75, 3.05) is 40.5 Å². The fourth-order valence-corrected chi connectivity index (χ4v) is 4.96. The van der Waals surface area contributed by atoms with Crippen LogP contribution in [-0.4, -0.2) is 54.9 Å². The minimum Gasteiger partial charge on any atom is -0.497 e. The highest BCUT2D eigenvalue weighted by atomic mass is 32.1. The molecule has 35 heavy (non-hydrogen) atoms. The topological polar surface area (TPSA) is 65.8 Å². The van der Waals surface area contributed by atoms with Gasteiger partial charge in [0.25, 0.3) is 5.56 Å². The van der Waals surface area contributed by atoms with E-state index in [9.17, 15) is 4.79 Å². The van der Waals surface area contributed by atoms with Crippen LogP contribution in [0.5, 0.6) is 11.5 Å². The molecule has 184 valence electrons. The molecule has 0 N–H and O–H groups in total. The van der Waals surface area contributed by atoms with Crippen molar-refractivity contribution in [2.45, 2.75) is 19.8 Å². The highest BCUT2D eigenvalue weighted by Crippen LogP contribution is 2.30. The molecular formula is C27H31N3O4S. The first-order valence-corrected chi connectivity index (χ1v) is 12.5. The fourth-order valence-electron chi connectivity index (χ4n) is 4.01. The number of likely N-dealkylation sites (tertiary alicyclic amines) is 1. The smallest absolute Gasteiger partial charge is 0.275 e. The Morgan fingerprint density at radius 1 is 1.17 bits per heavy atom. The summed E-state index contributed by atoms with van der Waals surface area (Å²) >= 11 is 1.41. The standard InChI is InChI=1S/C27H31N3O4S/c1-4-8-21(32-2)9-7-10-22-18-23-26(35-22)27(31)30(19-28-23)20-11-12-24(25(17-20)33-3)34-16-15-29-13-5-6-14-29/h4,7-12,17-19H,5-6,13-16H2,1-3H3/b8-4-,10-7+,21-9+. The average Bonchev–Trinajstić information content (AvgIpc) is 3.54. The van der Waals surface area contributed by atoms with Gasteiger partial charge in [-0.25, -0.2) is 4.98 Å². The molecule has 1 aliphatic rings. The van der Waals surface area contributed by atoms with Crippen LogP contribution in [0.15, 0.2) is 65.5 Å². The summed E-state index contributed by atoms with van der Waals surface area (Å²) in [5.74, 6) is 2.01. The summed E-state index contributed by atoms with van der Waals surface area (Å²) in [6.07, 6.45) is 13.6. The van der Waals surface area contributed by atoms with Crippen molar-refractivity contribution in [3.8, 4) is 17.2 Å². The molecule has 0 atom stereocenters. The molecule has 0 unspecified atom stereocenters. The van der Waals surface area contributed by atoms with E-state index in [-0.39, 0.29) is 5.56 Å². The van der Waals surface area contributed by atoms with Crippen LogP contribution >= 0.6 is 11.3 Å². The van der Waals surface area contributed by atoms with Crippen LogP contribution in [0.2, 0.25) is 0 Å². The molecule has 4 rings (SSSR count). The van der Waals surface area contributed by atoms with Gasteiger partial charge in [-0.1, -0.05) is 12.2 Å². The largest absolute Gasteiger partial charge is 0.497 e. The predicted molar refractivity (Wildman–Crippen MR) is 142 cm³/mol. The molecule has 0 spiro atoms. The Morgan fingerprint density at radius 3 is 2.74 bits per heavy atom. The molecule has 1 saturated heterocycles. The summed E-state index contributed by atoms with van der Waals surface area (Å²) in [5.41, 5.74) is 1.23. The molecule has 1 fully saturated rings. The van der Waals surface area contributed by atoms with Gasteiger partial charge in [-0.3, -0.25) is 14.3 Å². The number of allylic oxidation sites excluding steroid dienone is 4. The van der Waals surface area contributed by atoms with Gasteiger partial charge in [0.15, 0.2) is 11.5 Å². The molecule has 0 amide bonds. The summed E-state index contributed by atoms with van der Waals surface area (Å²) in [4.78, 5) is 21.1. The third-order valence-electron chi connectivity index (χ3n) is 5.83. The van der Waals surface area contributed by atoms with Crippen molar-refractivity contribution in [3.63, 3.8) is 0 Å². The van der Waals surface area contributed by atoms with Crippen molar-refractivity contribution >= 4 is 27.6 Å². The van der Waals surface area contributed by atoms with E-state index in [1.54, 1.807) is 20.5 Å². The third-order valence-corrected chi connectivity index (χ3v) is 6.91. The lowest BCUT2D eigenvalue weighted by Gasteiger charge is -2.17. The van der Waals surface area contributed by atoms with Gasteiger partial charge in [-0.2, -0.15) is 0 Å². The Hall–Kier alpha value is -3.36. The number of hydrogen-bond acceptors (Lipinski definition) is 7. The molecule has 8 heteroatoms. The number of rotatable bonds is 10. The van der Waals surface area contributed by atoms with Crippen LogP contribution in [0.25, 0.3) is 22.0 Å². The van der Waals surface area contributed by atoms with E-state index in [4.69, 9.17) is 14.2 Å². The Balaban J connectivity index is 1.54. The zero-order chi connectivity index (χ0) is 24.6. The lowest BCUT2D eigenvalue weighted by Crippen LogP contribution is -2.25. The van der Waals surface area contributed by atoms with E-state index in [1.165, 1.54) is 28.7 Å². The van der Waals surface area contributed by atoms with Crippen molar-refractivity contribution < 1.29 is 14.2 Å². The molecule has 0 bridgehead atoms. The molecule has 3 aromatic rings. The molecule has 2 aromatic heterocycles. The lowest BCUT2D eigenvalue weighted by atomic mass is 10.2. The van der Waals surface area contributed by atoms with Crippen molar-refractivity contribution in [1.82, 2.24) is 14.5 Å². The number of ether oxygens (including phenoxy) is 3. The fraction of sp³-hybridized carbons (Fsp3) is 0.333. The summed E-state index contributed by atoms with van der Waals surface area (Å²) < 4.78 is 18.9. The Morgan fingerprint density at radius 2 is 2.00 bits per heavy atom. The second kappa shape index (κ2) is 11.9. The molecule has 7 nitrogen and oxygen atoms in total. The number of methoxy groups -OCH3 is 2. The van der Waals surface area contributed by atoms with Gasteiger partial charge in [0.05, 0.1) is 25.4 Å². The van der Waals surface area contributed by atoms with Crippen LogP contribution in [0.1, 0.15) is 24.6 Å². The summed E-state index contributed by atoms with van der Waals surface area (Å²) in [6, 6.07) is 7.43. The number of thiophene rings is 1. The minimum atomic E-state index is -0.119. The minimum absolute atomic E-state index is 0.119. The van der Waals surface area contributed by atoms with E-state index in [0.29, 0.717) is 34.0 Å². The van der Waals surface area contributed by atoms with E-state index in [0.717, 1.165) is 30.3 Å². The molecule has 1 aliphatic heterocycles. The van der Waals surface area contributed by atoms with Crippen molar-refractivity contribution in [2.24, 2.45) is 0 Å². The number of nitrogens with zero attached hydrogens (tertiary/aromatic N) is 3. The van der Waals surface area contributed by atoms with E-state index in [2.05, 4.69) is 9.88 Å². The normalized spacial score (nSPS) is 15.0. The second-order valence-electron chi connectivity index (χ2n) is 8.15. The molecule has 1 aromatic carbocycles. The number of benzene rings is 1. The van der Waals surface area contributed by atoms with E-state index >= 15 is 0 Å². The van der Waals surface area contributed by atoms with Crippen molar-refractivity contribution in [1.29, 1.82) is 0 Å². The van der Waals surface area contributed by atoms with Gasteiger partial charge in [0.2, 0.25) is 0 Å². The Kier molecular flexibility index (Phi) is 8.39. The van der Waals surface area contributed by atoms with Gasteiger partial charge in [-0.15, -0.1) is 11.3 Å². The quantitative estimate of drug-likeness (QED) is 0.291. The predicted octanol–water partition coefficient (Wildman–Crippen LogP) is 5.05. The number of fused-ring (bicyclic) bond motifs is 1. The van der Waals surface area contributed by atoms with E-state index < -0.39 is 0 Å². The SMILES string of the molecule is C\C=C/C(=C\C=C\c1cc2ncn(-c3ccc(OCCN4CCCC4)c(OC)c3)c(=O)c2s1)OC. The highest BCUT2D eigenvalue weighted by molar-refractivity contribution is 7.19.